The number of nitrogens with zero attached hydrogens (tertiary/aromatic N) is 2. The highest BCUT2D eigenvalue weighted by Gasteiger charge is 2.50. The number of piperidine rings is 1. The fraction of sp³-hybridized carbons (Fsp3) is 0.350. The third-order valence-electron chi connectivity index (χ3n) is 10.4. The van der Waals surface area contributed by atoms with Crippen LogP contribution in [0, 0.1) is 0 Å². The zero-order chi connectivity index (χ0) is 36.3. The minimum atomic E-state index is -2.04. The topological polar surface area (TPSA) is 103 Å². The average Bonchev–Trinajstić information content (AvgIpc) is 3.49. The maximum absolute atomic E-state index is 13.2. The summed E-state index contributed by atoms with van der Waals surface area (Å²) in [6, 6.07) is 33.8. The lowest BCUT2D eigenvalue weighted by Gasteiger charge is -2.45. The first-order valence-corrected chi connectivity index (χ1v) is 18.6. The van der Waals surface area contributed by atoms with Gasteiger partial charge in [0.2, 0.25) is 5.91 Å². The zero-order valence-corrected chi connectivity index (χ0v) is 30.8. The SMILES string of the molecule is O=C(NCc1ccccc1-c1ccc(C2OC(CN3CCC4(CC3)C(=O)NCN4c3ccccc3)CC(c3ccc(CO)cc3)O2)cc1)C(Cl)(Cl)Cl. The summed E-state index contributed by atoms with van der Waals surface area (Å²) in [7, 11) is 0. The van der Waals surface area contributed by atoms with Crippen molar-refractivity contribution < 1.29 is 24.2 Å². The second-order valence-electron chi connectivity index (χ2n) is 13.6. The Hall–Kier alpha value is -3.67. The van der Waals surface area contributed by atoms with Crippen molar-refractivity contribution in [3.8, 4) is 11.1 Å². The number of halogens is 3. The first-order chi connectivity index (χ1) is 25.1. The van der Waals surface area contributed by atoms with Gasteiger partial charge in [-0.05, 0) is 52.8 Å². The largest absolute Gasteiger partial charge is 0.392 e. The number of rotatable bonds is 9. The molecule has 3 unspecified atom stereocenters. The van der Waals surface area contributed by atoms with Crippen molar-refractivity contribution in [2.45, 2.75) is 60.2 Å². The molecule has 3 aliphatic heterocycles. The van der Waals surface area contributed by atoms with E-state index in [1.807, 2.05) is 91.0 Å². The Balaban J connectivity index is 1.07. The Morgan fingerprint density at radius 3 is 2.25 bits per heavy atom. The van der Waals surface area contributed by atoms with Crippen molar-refractivity contribution in [2.24, 2.45) is 0 Å². The van der Waals surface area contributed by atoms with Gasteiger partial charge in [-0.2, -0.15) is 0 Å². The number of aliphatic hydroxyl groups excluding tert-OH is 1. The summed E-state index contributed by atoms with van der Waals surface area (Å²) in [4.78, 5) is 30.1. The highest BCUT2D eigenvalue weighted by Crippen LogP contribution is 2.41. The Labute approximate surface area is 318 Å². The molecule has 4 aromatic rings. The smallest absolute Gasteiger partial charge is 0.272 e. The van der Waals surface area contributed by atoms with E-state index in [0.29, 0.717) is 19.6 Å². The summed E-state index contributed by atoms with van der Waals surface area (Å²) in [6.07, 6.45) is 1.16. The van der Waals surface area contributed by atoms with Crippen molar-refractivity contribution in [1.82, 2.24) is 15.5 Å². The van der Waals surface area contributed by atoms with Gasteiger partial charge in [0.05, 0.1) is 25.5 Å². The van der Waals surface area contributed by atoms with E-state index in [2.05, 4.69) is 32.6 Å². The van der Waals surface area contributed by atoms with Crippen LogP contribution < -0.4 is 15.5 Å². The second kappa shape index (κ2) is 15.7. The molecule has 3 aliphatic rings. The lowest BCUT2D eigenvalue weighted by Crippen LogP contribution is -2.57. The fourth-order valence-corrected chi connectivity index (χ4v) is 7.71. The number of anilines is 1. The maximum atomic E-state index is 13.2. The molecule has 3 atom stereocenters. The van der Waals surface area contributed by atoms with Gasteiger partial charge in [0.25, 0.3) is 9.70 Å². The number of likely N-dealkylation sites (tertiary alicyclic amines) is 1. The molecule has 12 heteroatoms. The van der Waals surface area contributed by atoms with Crippen molar-refractivity contribution >= 4 is 52.3 Å². The number of benzene rings is 4. The fourth-order valence-electron chi connectivity index (χ4n) is 7.51. The summed E-state index contributed by atoms with van der Waals surface area (Å²) < 4.78 is 11.3. The molecular weight excluding hydrogens is 723 g/mol. The van der Waals surface area contributed by atoms with Gasteiger partial charge in [-0.15, -0.1) is 0 Å². The van der Waals surface area contributed by atoms with Crippen LogP contribution in [0.1, 0.15) is 53.9 Å². The molecule has 0 bridgehead atoms. The number of aliphatic hydroxyl groups is 1. The van der Waals surface area contributed by atoms with Gasteiger partial charge in [0, 0.05) is 43.9 Å². The molecule has 4 aromatic carbocycles. The molecule has 7 rings (SSSR count). The van der Waals surface area contributed by atoms with Crippen LogP contribution in [-0.4, -0.2) is 63.6 Å². The van der Waals surface area contributed by atoms with Gasteiger partial charge in [-0.25, -0.2) is 0 Å². The van der Waals surface area contributed by atoms with Crippen LogP contribution in [0.15, 0.2) is 103 Å². The summed E-state index contributed by atoms with van der Waals surface area (Å²) in [5.74, 6) is -0.588. The zero-order valence-electron chi connectivity index (χ0n) is 28.5. The molecule has 9 nitrogen and oxygen atoms in total. The van der Waals surface area contributed by atoms with E-state index >= 15 is 0 Å². The predicted octanol–water partition coefficient (Wildman–Crippen LogP) is 6.81. The summed E-state index contributed by atoms with van der Waals surface area (Å²) in [6.45, 7) is 2.94. The Kier molecular flexibility index (Phi) is 11.1. The maximum Gasteiger partial charge on any atom is 0.272 e. The molecule has 0 radical (unpaired) electrons. The number of ether oxygens (including phenoxy) is 2. The highest BCUT2D eigenvalue weighted by atomic mass is 35.6. The molecule has 0 aliphatic carbocycles. The number of carbonyl (C=O) groups is 2. The molecule has 1 spiro atoms. The quantitative estimate of drug-likeness (QED) is 0.161. The van der Waals surface area contributed by atoms with Gasteiger partial charge >= 0.3 is 0 Å². The van der Waals surface area contributed by atoms with E-state index in [1.165, 1.54) is 0 Å². The standard InChI is InChI=1S/C40H41Cl3N4O5/c41-40(42,43)38(50)44-23-31-6-4-5-9-34(31)28-14-16-30(17-15-28)36-51-33(22-35(52-36)29-12-10-27(25-48)11-13-29)24-46-20-18-39(19-21-46)37(49)45-26-47(39)32-7-2-1-3-8-32/h1-17,33,35-36,48H,18-26H2,(H,44,50)(H,45,49). The molecule has 3 saturated heterocycles. The van der Waals surface area contributed by atoms with Gasteiger partial charge in [0.15, 0.2) is 6.29 Å². The molecule has 272 valence electrons. The average molecular weight is 764 g/mol. The number of para-hydroxylation sites is 1. The van der Waals surface area contributed by atoms with E-state index in [-0.39, 0.29) is 31.3 Å². The predicted molar refractivity (Wildman–Crippen MR) is 203 cm³/mol. The normalized spacial score (nSPS) is 22.0. The number of hydrogen-bond donors (Lipinski definition) is 3. The molecular formula is C40H41Cl3N4O5. The Bertz CT molecular complexity index is 1850. The minimum Gasteiger partial charge on any atom is -0.392 e. The summed E-state index contributed by atoms with van der Waals surface area (Å²) in [5.41, 5.74) is 6.02. The van der Waals surface area contributed by atoms with Crippen molar-refractivity contribution in [3.63, 3.8) is 0 Å². The van der Waals surface area contributed by atoms with Gasteiger partial charge in [-0.1, -0.05) is 126 Å². The van der Waals surface area contributed by atoms with Gasteiger partial charge in [-0.3, -0.25) is 9.59 Å². The molecule has 52 heavy (non-hydrogen) atoms. The molecule has 0 aromatic heterocycles. The lowest BCUT2D eigenvalue weighted by molar-refractivity contribution is -0.253. The van der Waals surface area contributed by atoms with Crippen LogP contribution in [0.4, 0.5) is 5.69 Å². The van der Waals surface area contributed by atoms with Gasteiger partial charge in [0.1, 0.15) is 5.54 Å². The Morgan fingerprint density at radius 2 is 1.56 bits per heavy atom. The third-order valence-corrected chi connectivity index (χ3v) is 10.9. The number of amides is 2. The number of hydrogen-bond acceptors (Lipinski definition) is 7. The van der Waals surface area contributed by atoms with E-state index < -0.39 is 21.5 Å². The molecule has 0 saturated carbocycles. The molecule has 3 N–H and O–H groups in total. The van der Waals surface area contributed by atoms with E-state index in [0.717, 1.165) is 65.0 Å². The monoisotopic (exact) mass is 762 g/mol. The van der Waals surface area contributed by atoms with Crippen LogP contribution >= 0.6 is 34.8 Å². The Morgan fingerprint density at radius 1 is 0.885 bits per heavy atom. The van der Waals surface area contributed by atoms with Crippen molar-refractivity contribution in [3.05, 3.63) is 125 Å². The van der Waals surface area contributed by atoms with Crippen LogP contribution in [0.5, 0.6) is 0 Å². The second-order valence-corrected chi connectivity index (χ2v) is 15.9. The molecule has 3 fully saturated rings. The summed E-state index contributed by atoms with van der Waals surface area (Å²) in [5, 5.41) is 15.4. The van der Waals surface area contributed by atoms with E-state index in [9.17, 15) is 14.7 Å². The van der Waals surface area contributed by atoms with E-state index in [4.69, 9.17) is 44.3 Å². The van der Waals surface area contributed by atoms with Crippen LogP contribution in [0.25, 0.3) is 11.1 Å². The number of nitrogens with one attached hydrogen (secondary N) is 2. The van der Waals surface area contributed by atoms with Gasteiger partial charge < -0.3 is 35.0 Å². The van der Waals surface area contributed by atoms with Crippen molar-refractivity contribution in [2.75, 3.05) is 31.2 Å². The third kappa shape index (κ3) is 7.96. The highest BCUT2D eigenvalue weighted by molar-refractivity contribution is 6.76. The van der Waals surface area contributed by atoms with Crippen LogP contribution in [0.3, 0.4) is 0 Å². The first-order valence-electron chi connectivity index (χ1n) is 17.5. The number of carbonyl (C=O) groups excluding carboxylic acids is 2. The molecule has 3 heterocycles. The lowest BCUT2D eigenvalue weighted by atomic mass is 9.85. The number of alkyl halides is 3. The molecule has 2 amide bonds. The van der Waals surface area contributed by atoms with Crippen LogP contribution in [-0.2, 0) is 32.2 Å². The van der Waals surface area contributed by atoms with E-state index in [1.54, 1.807) is 0 Å². The summed E-state index contributed by atoms with van der Waals surface area (Å²) >= 11 is 17.2. The van der Waals surface area contributed by atoms with Crippen molar-refractivity contribution in [1.29, 1.82) is 0 Å². The van der Waals surface area contributed by atoms with Crippen LogP contribution in [0.2, 0.25) is 0 Å². The first kappa shape index (κ1) is 36.7. The minimum absolute atomic E-state index is 0.0227.